The predicted molar refractivity (Wildman–Crippen MR) is 72.0 cm³/mol. The molecular weight excluding hydrogens is 228 g/mol. The molecule has 0 spiro atoms. The van der Waals surface area contributed by atoms with Crippen LogP contribution in [0, 0.1) is 0 Å². The molecule has 1 fully saturated rings. The molecule has 0 aliphatic carbocycles. The van der Waals surface area contributed by atoms with E-state index in [4.69, 9.17) is 4.74 Å². The van der Waals surface area contributed by atoms with Crippen molar-refractivity contribution in [2.24, 2.45) is 0 Å². The number of benzene rings is 1. The summed E-state index contributed by atoms with van der Waals surface area (Å²) in [5.41, 5.74) is 0.939. The van der Waals surface area contributed by atoms with Gasteiger partial charge in [-0.25, -0.2) is 0 Å². The van der Waals surface area contributed by atoms with Crippen molar-refractivity contribution in [3.63, 3.8) is 0 Å². The lowest BCUT2D eigenvalue weighted by Crippen LogP contribution is -2.36. The Morgan fingerprint density at radius 1 is 1.33 bits per heavy atom. The number of rotatable bonds is 4. The second-order valence-electron chi connectivity index (χ2n) is 4.78. The monoisotopic (exact) mass is 248 g/mol. The maximum Gasteiger partial charge on any atom is 0.244 e. The van der Waals surface area contributed by atoms with Crippen LogP contribution in [0.1, 0.15) is 20.3 Å². The van der Waals surface area contributed by atoms with Crippen LogP contribution >= 0.6 is 0 Å². The summed E-state index contributed by atoms with van der Waals surface area (Å²) in [4.78, 5) is 13.9. The number of nitrogens with one attached hydrogen (secondary N) is 1. The average Bonchev–Trinajstić information content (AvgIpc) is 2.71. The molecular formula is C14H20N2O2. The van der Waals surface area contributed by atoms with Crippen molar-refractivity contribution >= 4 is 11.6 Å². The van der Waals surface area contributed by atoms with Crippen molar-refractivity contribution in [3.8, 4) is 5.75 Å². The smallest absolute Gasteiger partial charge is 0.244 e. The zero-order chi connectivity index (χ0) is 13.1. The molecule has 0 bridgehead atoms. The van der Waals surface area contributed by atoms with Crippen LogP contribution in [-0.4, -0.2) is 31.6 Å². The second-order valence-corrected chi connectivity index (χ2v) is 4.78. The number of ether oxygens (including phenoxy) is 1. The quantitative estimate of drug-likeness (QED) is 0.883. The summed E-state index contributed by atoms with van der Waals surface area (Å²) in [6.45, 7) is 4.76. The van der Waals surface area contributed by atoms with Gasteiger partial charge in [-0.3, -0.25) is 4.79 Å². The van der Waals surface area contributed by atoms with Crippen LogP contribution in [0.2, 0.25) is 0 Å². The first-order chi connectivity index (χ1) is 8.61. The predicted octanol–water partition coefficient (Wildman–Crippen LogP) is 1.80. The Kier molecular flexibility index (Phi) is 3.87. The molecule has 1 atom stereocenters. The molecule has 1 amide bonds. The van der Waals surface area contributed by atoms with Gasteiger partial charge >= 0.3 is 0 Å². The van der Waals surface area contributed by atoms with Gasteiger partial charge in [0.05, 0.1) is 12.1 Å². The van der Waals surface area contributed by atoms with Crippen LogP contribution < -0.4 is 15.0 Å². The van der Waals surface area contributed by atoms with Gasteiger partial charge in [-0.2, -0.15) is 0 Å². The molecule has 18 heavy (non-hydrogen) atoms. The topological polar surface area (TPSA) is 41.6 Å². The Balaban J connectivity index is 2.08. The maximum atomic E-state index is 12.0. The van der Waals surface area contributed by atoms with Crippen molar-refractivity contribution in [2.75, 3.05) is 18.5 Å². The molecule has 1 saturated heterocycles. The van der Waals surface area contributed by atoms with E-state index in [0.717, 1.165) is 24.4 Å². The van der Waals surface area contributed by atoms with Gasteiger partial charge in [0.25, 0.3) is 0 Å². The number of anilines is 1. The summed E-state index contributed by atoms with van der Waals surface area (Å²) >= 11 is 0. The Morgan fingerprint density at radius 2 is 2.00 bits per heavy atom. The zero-order valence-corrected chi connectivity index (χ0v) is 11.1. The van der Waals surface area contributed by atoms with E-state index in [1.807, 2.05) is 50.1 Å². The van der Waals surface area contributed by atoms with Gasteiger partial charge in [-0.05, 0) is 51.6 Å². The van der Waals surface area contributed by atoms with Gasteiger partial charge in [-0.15, -0.1) is 0 Å². The Hall–Kier alpha value is -1.55. The number of amides is 1. The van der Waals surface area contributed by atoms with Gasteiger partial charge in [0.2, 0.25) is 5.91 Å². The van der Waals surface area contributed by atoms with Crippen molar-refractivity contribution < 1.29 is 9.53 Å². The number of nitrogens with zero attached hydrogens (tertiary/aromatic N) is 1. The third-order valence-corrected chi connectivity index (χ3v) is 3.07. The van der Waals surface area contributed by atoms with E-state index in [-0.39, 0.29) is 18.1 Å². The largest absolute Gasteiger partial charge is 0.491 e. The summed E-state index contributed by atoms with van der Waals surface area (Å²) in [7, 11) is 1.83. The molecule has 0 saturated carbocycles. The zero-order valence-electron chi connectivity index (χ0n) is 11.1. The minimum Gasteiger partial charge on any atom is -0.491 e. The van der Waals surface area contributed by atoms with E-state index in [0.29, 0.717) is 0 Å². The summed E-state index contributed by atoms with van der Waals surface area (Å²) in [6, 6.07) is 7.66. The molecule has 1 aromatic rings. The summed E-state index contributed by atoms with van der Waals surface area (Å²) in [5, 5.41) is 3.03. The van der Waals surface area contributed by atoms with Gasteiger partial charge in [0.1, 0.15) is 5.75 Å². The maximum absolute atomic E-state index is 12.0. The molecule has 1 N–H and O–H groups in total. The van der Waals surface area contributed by atoms with Crippen molar-refractivity contribution in [2.45, 2.75) is 32.4 Å². The first kappa shape index (κ1) is 12.9. The van der Waals surface area contributed by atoms with Crippen LogP contribution in [0.15, 0.2) is 24.3 Å². The minimum atomic E-state index is -0.0448. The molecule has 98 valence electrons. The van der Waals surface area contributed by atoms with Gasteiger partial charge in [0.15, 0.2) is 0 Å². The summed E-state index contributed by atoms with van der Waals surface area (Å²) in [6.07, 6.45) is 1.03. The summed E-state index contributed by atoms with van der Waals surface area (Å²) < 4.78 is 5.59. The lowest BCUT2D eigenvalue weighted by molar-refractivity contribution is -0.118. The number of hydrogen-bond donors (Lipinski definition) is 1. The van der Waals surface area contributed by atoms with Crippen LogP contribution in [0.25, 0.3) is 0 Å². The fourth-order valence-corrected chi connectivity index (χ4v) is 2.18. The number of hydrogen-bond acceptors (Lipinski definition) is 3. The normalized spacial score (nSPS) is 19.7. The molecule has 0 radical (unpaired) electrons. The molecule has 4 heteroatoms. The van der Waals surface area contributed by atoms with Crippen LogP contribution in [0.4, 0.5) is 5.69 Å². The Labute approximate surface area is 108 Å². The highest BCUT2D eigenvalue weighted by Crippen LogP contribution is 2.24. The molecule has 1 heterocycles. The standard InChI is InChI=1S/C14H20N2O2/c1-10(2)18-12-6-4-11(5-7-12)16-9-8-13(15-3)14(16)17/h4-7,10,13,15H,8-9H2,1-3H3. The Morgan fingerprint density at radius 3 is 2.50 bits per heavy atom. The second kappa shape index (κ2) is 5.40. The lowest BCUT2D eigenvalue weighted by atomic mass is 10.2. The average molecular weight is 248 g/mol. The van der Waals surface area contributed by atoms with Crippen LogP contribution in [0.3, 0.4) is 0 Å². The molecule has 2 rings (SSSR count). The van der Waals surface area contributed by atoms with Crippen LogP contribution in [0.5, 0.6) is 5.75 Å². The van der Waals surface area contributed by atoms with E-state index in [1.165, 1.54) is 0 Å². The number of likely N-dealkylation sites (N-methyl/N-ethyl adjacent to an activating group) is 1. The molecule has 0 aromatic heterocycles. The summed E-state index contributed by atoms with van der Waals surface area (Å²) in [5.74, 6) is 0.987. The third-order valence-electron chi connectivity index (χ3n) is 3.07. The minimum absolute atomic E-state index is 0.0448. The van der Waals surface area contributed by atoms with Crippen molar-refractivity contribution in [1.82, 2.24) is 5.32 Å². The Bertz CT molecular complexity index is 414. The molecule has 1 aliphatic heterocycles. The third kappa shape index (κ3) is 2.64. The van der Waals surface area contributed by atoms with E-state index in [2.05, 4.69) is 5.32 Å². The van der Waals surface area contributed by atoms with Crippen molar-refractivity contribution in [3.05, 3.63) is 24.3 Å². The first-order valence-corrected chi connectivity index (χ1v) is 6.37. The molecule has 1 aliphatic rings. The number of carbonyl (C=O) groups is 1. The van der Waals surface area contributed by atoms with E-state index >= 15 is 0 Å². The highest BCUT2D eigenvalue weighted by Gasteiger charge is 2.31. The fraction of sp³-hybridized carbons (Fsp3) is 0.500. The van der Waals surface area contributed by atoms with E-state index in [9.17, 15) is 4.79 Å². The van der Waals surface area contributed by atoms with Crippen molar-refractivity contribution in [1.29, 1.82) is 0 Å². The van der Waals surface area contributed by atoms with Gasteiger partial charge in [0, 0.05) is 12.2 Å². The lowest BCUT2D eigenvalue weighted by Gasteiger charge is -2.17. The van der Waals surface area contributed by atoms with Gasteiger partial charge in [-0.1, -0.05) is 0 Å². The van der Waals surface area contributed by atoms with E-state index in [1.54, 1.807) is 0 Å². The van der Waals surface area contributed by atoms with Crippen LogP contribution in [-0.2, 0) is 4.79 Å². The highest BCUT2D eigenvalue weighted by atomic mass is 16.5. The molecule has 4 nitrogen and oxygen atoms in total. The molecule has 1 aromatic carbocycles. The van der Waals surface area contributed by atoms with E-state index < -0.39 is 0 Å². The fourth-order valence-electron chi connectivity index (χ4n) is 2.18. The first-order valence-electron chi connectivity index (χ1n) is 6.37. The number of carbonyl (C=O) groups excluding carboxylic acids is 1. The highest BCUT2D eigenvalue weighted by molar-refractivity contribution is 5.99. The van der Waals surface area contributed by atoms with Gasteiger partial charge < -0.3 is 15.0 Å². The SMILES string of the molecule is CNC1CCN(c2ccc(OC(C)C)cc2)C1=O. The molecule has 1 unspecified atom stereocenters.